The Morgan fingerprint density at radius 2 is 1.86 bits per heavy atom. The third-order valence-electron chi connectivity index (χ3n) is 4.32. The first-order chi connectivity index (χ1) is 10.6. The average Bonchev–Trinajstić information content (AvgIpc) is 3.02. The van der Waals surface area contributed by atoms with E-state index in [9.17, 15) is 9.59 Å². The number of methoxy groups -OCH3 is 1. The van der Waals surface area contributed by atoms with Gasteiger partial charge >= 0.3 is 6.09 Å². The minimum absolute atomic E-state index is 0.0219. The van der Waals surface area contributed by atoms with Gasteiger partial charge in [-0.2, -0.15) is 0 Å². The lowest BCUT2D eigenvalue weighted by Crippen LogP contribution is -2.57. The summed E-state index contributed by atoms with van der Waals surface area (Å²) in [6, 6.07) is 10.1. The fourth-order valence-electron chi connectivity index (χ4n) is 3.03. The number of benzene rings is 1. The van der Waals surface area contributed by atoms with E-state index in [1.807, 2.05) is 18.2 Å². The molecule has 0 bridgehead atoms. The van der Waals surface area contributed by atoms with Crippen molar-refractivity contribution in [3.05, 3.63) is 35.9 Å². The molecule has 2 rings (SSSR count). The monoisotopic (exact) mass is 304 g/mol. The van der Waals surface area contributed by atoms with Gasteiger partial charge < -0.3 is 15.0 Å². The molecule has 120 valence electrons. The maximum atomic E-state index is 12.8. The summed E-state index contributed by atoms with van der Waals surface area (Å²) in [5.41, 5.74) is 0.405. The van der Waals surface area contributed by atoms with Gasteiger partial charge in [-0.1, -0.05) is 43.2 Å². The first-order valence-electron chi connectivity index (χ1n) is 7.73. The largest absolute Gasteiger partial charge is 0.453 e. The molecule has 5 heteroatoms. The minimum atomic E-state index is -0.793. The summed E-state index contributed by atoms with van der Waals surface area (Å²) in [5, 5.41) is 2.77. The van der Waals surface area contributed by atoms with Crippen LogP contribution in [0, 0.1) is 0 Å². The van der Waals surface area contributed by atoms with E-state index in [1.165, 1.54) is 12.7 Å². The fraction of sp³-hybridized carbons (Fsp3) is 0.529. The van der Waals surface area contributed by atoms with Gasteiger partial charge in [0.15, 0.2) is 0 Å². The maximum absolute atomic E-state index is 12.8. The highest BCUT2D eigenvalue weighted by molar-refractivity contribution is 5.90. The molecular formula is C17H24N2O3. The van der Waals surface area contributed by atoms with Crippen LogP contribution in [0.3, 0.4) is 0 Å². The molecule has 0 unspecified atom stereocenters. The van der Waals surface area contributed by atoms with Crippen molar-refractivity contribution in [2.24, 2.45) is 0 Å². The Kier molecular flexibility index (Phi) is 5.41. The number of alkyl carbamates (subject to hydrolysis) is 1. The van der Waals surface area contributed by atoms with Crippen LogP contribution in [0.25, 0.3) is 0 Å². The SMILES string of the molecule is COC(=O)NC1(C(=O)N(C)CCc2ccccc2)CCCC1. The molecule has 1 aromatic carbocycles. The van der Waals surface area contributed by atoms with Gasteiger partial charge in [0.2, 0.25) is 5.91 Å². The summed E-state index contributed by atoms with van der Waals surface area (Å²) in [4.78, 5) is 26.1. The molecular weight excluding hydrogens is 280 g/mol. The molecule has 1 fully saturated rings. The van der Waals surface area contributed by atoms with Gasteiger partial charge in [-0.3, -0.25) is 4.79 Å². The van der Waals surface area contributed by atoms with E-state index in [2.05, 4.69) is 22.2 Å². The number of carbonyl (C=O) groups is 2. The van der Waals surface area contributed by atoms with E-state index in [1.54, 1.807) is 11.9 Å². The van der Waals surface area contributed by atoms with Crippen molar-refractivity contribution in [3.8, 4) is 0 Å². The van der Waals surface area contributed by atoms with E-state index in [4.69, 9.17) is 0 Å². The van der Waals surface area contributed by atoms with Crippen LogP contribution < -0.4 is 5.32 Å². The number of carbonyl (C=O) groups excluding carboxylic acids is 2. The molecule has 5 nitrogen and oxygen atoms in total. The Morgan fingerprint density at radius 1 is 1.23 bits per heavy atom. The average molecular weight is 304 g/mol. The first-order valence-corrected chi connectivity index (χ1v) is 7.73. The lowest BCUT2D eigenvalue weighted by atomic mass is 9.95. The van der Waals surface area contributed by atoms with E-state index in [0.717, 1.165) is 19.3 Å². The maximum Gasteiger partial charge on any atom is 0.407 e. The van der Waals surface area contributed by atoms with Crippen molar-refractivity contribution >= 4 is 12.0 Å². The molecule has 1 aliphatic carbocycles. The van der Waals surface area contributed by atoms with Gasteiger partial charge in [-0.25, -0.2) is 4.79 Å². The van der Waals surface area contributed by atoms with Gasteiger partial charge in [0.25, 0.3) is 0 Å². The summed E-state index contributed by atoms with van der Waals surface area (Å²) in [6.07, 6.45) is 3.52. The van der Waals surface area contributed by atoms with Crippen LogP contribution in [-0.4, -0.2) is 43.1 Å². The second-order valence-corrected chi connectivity index (χ2v) is 5.87. The third kappa shape index (κ3) is 3.78. The van der Waals surface area contributed by atoms with Gasteiger partial charge in [-0.05, 0) is 24.8 Å². The Bertz CT molecular complexity index is 510. The topological polar surface area (TPSA) is 58.6 Å². The van der Waals surface area contributed by atoms with Crippen LogP contribution in [-0.2, 0) is 16.0 Å². The van der Waals surface area contributed by atoms with Gasteiger partial charge in [-0.15, -0.1) is 0 Å². The van der Waals surface area contributed by atoms with Crippen molar-refractivity contribution in [1.29, 1.82) is 0 Å². The molecule has 0 atom stereocenters. The van der Waals surface area contributed by atoms with Crippen molar-refractivity contribution in [1.82, 2.24) is 10.2 Å². The first kappa shape index (κ1) is 16.3. The summed E-state index contributed by atoms with van der Waals surface area (Å²) >= 11 is 0. The zero-order valence-electron chi connectivity index (χ0n) is 13.3. The number of hydrogen-bond donors (Lipinski definition) is 1. The summed E-state index contributed by atoms with van der Waals surface area (Å²) in [6.45, 7) is 0.632. The normalized spacial score (nSPS) is 16.1. The molecule has 0 radical (unpaired) electrons. The number of rotatable bonds is 5. The molecule has 1 aliphatic rings. The molecule has 1 N–H and O–H groups in total. The van der Waals surface area contributed by atoms with E-state index in [-0.39, 0.29) is 5.91 Å². The number of nitrogens with one attached hydrogen (secondary N) is 1. The molecule has 0 saturated heterocycles. The molecule has 1 aromatic rings. The Hall–Kier alpha value is -2.04. The molecule has 0 aromatic heterocycles. The molecule has 22 heavy (non-hydrogen) atoms. The van der Waals surface area contributed by atoms with E-state index in [0.29, 0.717) is 19.4 Å². The molecule has 0 spiro atoms. The zero-order valence-corrected chi connectivity index (χ0v) is 13.3. The van der Waals surface area contributed by atoms with Crippen LogP contribution in [0.1, 0.15) is 31.2 Å². The highest BCUT2D eigenvalue weighted by atomic mass is 16.5. The van der Waals surface area contributed by atoms with Crippen molar-refractivity contribution in [2.45, 2.75) is 37.6 Å². The van der Waals surface area contributed by atoms with Crippen LogP contribution in [0.5, 0.6) is 0 Å². The minimum Gasteiger partial charge on any atom is -0.453 e. The molecule has 0 aliphatic heterocycles. The van der Waals surface area contributed by atoms with Crippen LogP contribution in [0.15, 0.2) is 30.3 Å². The van der Waals surface area contributed by atoms with Crippen molar-refractivity contribution in [2.75, 3.05) is 20.7 Å². The van der Waals surface area contributed by atoms with Gasteiger partial charge in [0.05, 0.1) is 7.11 Å². The third-order valence-corrected chi connectivity index (χ3v) is 4.32. The number of ether oxygens (including phenoxy) is 1. The number of amides is 2. The number of hydrogen-bond acceptors (Lipinski definition) is 3. The van der Waals surface area contributed by atoms with Gasteiger partial charge in [0, 0.05) is 13.6 Å². The second-order valence-electron chi connectivity index (χ2n) is 5.87. The highest BCUT2D eigenvalue weighted by Gasteiger charge is 2.44. The van der Waals surface area contributed by atoms with Crippen LogP contribution >= 0.6 is 0 Å². The summed E-state index contributed by atoms with van der Waals surface area (Å²) < 4.78 is 4.68. The molecule has 2 amide bonds. The Labute approximate surface area is 131 Å². The zero-order chi connectivity index (χ0) is 16.0. The Balaban J connectivity index is 1.99. The van der Waals surface area contributed by atoms with Crippen LogP contribution in [0.4, 0.5) is 4.79 Å². The highest BCUT2D eigenvalue weighted by Crippen LogP contribution is 2.31. The van der Waals surface area contributed by atoms with Crippen LogP contribution in [0.2, 0.25) is 0 Å². The van der Waals surface area contributed by atoms with E-state index < -0.39 is 11.6 Å². The quantitative estimate of drug-likeness (QED) is 0.908. The molecule has 0 heterocycles. The van der Waals surface area contributed by atoms with Crippen molar-refractivity contribution < 1.29 is 14.3 Å². The summed E-state index contributed by atoms with van der Waals surface area (Å²) in [7, 11) is 3.12. The molecule has 1 saturated carbocycles. The lowest BCUT2D eigenvalue weighted by Gasteiger charge is -2.32. The lowest BCUT2D eigenvalue weighted by molar-refractivity contribution is -0.136. The van der Waals surface area contributed by atoms with Gasteiger partial charge in [0.1, 0.15) is 5.54 Å². The predicted octanol–water partition coefficient (Wildman–Crippen LogP) is 2.36. The predicted molar refractivity (Wildman–Crippen MR) is 84.5 cm³/mol. The second kappa shape index (κ2) is 7.29. The number of nitrogens with zero attached hydrogens (tertiary/aromatic N) is 1. The summed E-state index contributed by atoms with van der Waals surface area (Å²) in [5.74, 6) is -0.0219. The van der Waals surface area contributed by atoms with Crippen molar-refractivity contribution in [3.63, 3.8) is 0 Å². The Morgan fingerprint density at radius 3 is 2.45 bits per heavy atom. The fourth-order valence-corrected chi connectivity index (χ4v) is 3.03. The smallest absolute Gasteiger partial charge is 0.407 e. The number of likely N-dealkylation sites (N-methyl/N-ethyl adjacent to an activating group) is 1. The van der Waals surface area contributed by atoms with E-state index >= 15 is 0 Å². The standard InChI is InChI=1S/C17H24N2O3/c1-19(13-10-14-8-4-3-5-9-14)15(20)17(11-6-7-12-17)18-16(21)22-2/h3-5,8-9H,6-7,10-13H2,1-2H3,(H,18,21).